The summed E-state index contributed by atoms with van der Waals surface area (Å²) in [7, 11) is 1.88. The lowest BCUT2D eigenvalue weighted by Crippen LogP contribution is -2.37. The Balaban J connectivity index is 1.43. The Hall–Kier alpha value is -2.44. The van der Waals surface area contributed by atoms with Crippen LogP contribution in [0.3, 0.4) is 0 Å². The molecule has 0 N–H and O–H groups in total. The largest absolute Gasteiger partial charge is 0.356 e. The summed E-state index contributed by atoms with van der Waals surface area (Å²) in [5.74, 6) is 2.80. The van der Waals surface area contributed by atoms with Gasteiger partial charge in [0.15, 0.2) is 5.82 Å². The number of aryl methyl sites for hydroxylation is 2. The fraction of sp³-hybridized carbons (Fsp3) is 0.680. The molecule has 1 atom stereocenters. The van der Waals surface area contributed by atoms with Crippen LogP contribution in [-0.2, 0) is 13.5 Å². The third-order valence-electron chi connectivity index (χ3n) is 7.84. The van der Waals surface area contributed by atoms with E-state index in [-0.39, 0.29) is 11.9 Å². The number of carbonyl (C=O) groups excluding carboxylic acids is 1. The summed E-state index contributed by atoms with van der Waals surface area (Å²) >= 11 is 0. The van der Waals surface area contributed by atoms with E-state index >= 15 is 0 Å². The first-order chi connectivity index (χ1) is 15.5. The lowest BCUT2D eigenvalue weighted by atomic mass is 9.88. The van der Waals surface area contributed by atoms with Gasteiger partial charge in [0.2, 0.25) is 0 Å². The average molecular weight is 437 g/mol. The van der Waals surface area contributed by atoms with Gasteiger partial charge in [-0.25, -0.2) is 9.97 Å². The van der Waals surface area contributed by atoms with Crippen LogP contribution in [-0.4, -0.2) is 50.2 Å². The maximum Gasteiger partial charge on any atom is 0.257 e. The second-order valence-electron chi connectivity index (χ2n) is 9.95. The average Bonchev–Trinajstić information content (AvgIpc) is 3.42. The van der Waals surface area contributed by atoms with Crippen molar-refractivity contribution in [3.8, 4) is 0 Å². The zero-order valence-corrected chi connectivity index (χ0v) is 19.8. The highest BCUT2D eigenvalue weighted by atomic mass is 16.2. The molecule has 1 amide bonds. The fourth-order valence-electron chi connectivity index (χ4n) is 5.86. The van der Waals surface area contributed by atoms with E-state index in [9.17, 15) is 4.79 Å². The molecule has 1 saturated heterocycles. The minimum absolute atomic E-state index is 0.0513. The summed E-state index contributed by atoms with van der Waals surface area (Å²) in [6.45, 7) is 7.03. The molecular formula is C25H36N6O. The van der Waals surface area contributed by atoms with E-state index in [1.807, 2.05) is 18.9 Å². The number of hydrogen-bond donors (Lipinski definition) is 0. The Labute approximate surface area is 191 Å². The van der Waals surface area contributed by atoms with Crippen LogP contribution in [0.2, 0.25) is 0 Å². The van der Waals surface area contributed by atoms with E-state index in [0.717, 1.165) is 67.8 Å². The summed E-state index contributed by atoms with van der Waals surface area (Å²) in [6, 6.07) is -0.0513. The Bertz CT molecular complexity index is 993. The highest BCUT2D eigenvalue weighted by molar-refractivity contribution is 5.95. The van der Waals surface area contributed by atoms with Crippen molar-refractivity contribution in [1.82, 2.24) is 24.6 Å². The quantitative estimate of drug-likeness (QED) is 0.721. The van der Waals surface area contributed by atoms with Gasteiger partial charge in [-0.05, 0) is 58.3 Å². The third-order valence-corrected chi connectivity index (χ3v) is 7.84. The number of rotatable bonds is 4. The van der Waals surface area contributed by atoms with Crippen LogP contribution in [0.4, 0.5) is 5.82 Å². The number of nitrogens with zero attached hydrogens (tertiary/aromatic N) is 6. The van der Waals surface area contributed by atoms with Gasteiger partial charge in [-0.15, -0.1) is 0 Å². The van der Waals surface area contributed by atoms with E-state index < -0.39 is 0 Å². The van der Waals surface area contributed by atoms with Gasteiger partial charge in [-0.2, -0.15) is 5.10 Å². The predicted octanol–water partition coefficient (Wildman–Crippen LogP) is 4.14. The summed E-state index contributed by atoms with van der Waals surface area (Å²) < 4.78 is 1.76. The Kier molecular flexibility index (Phi) is 5.91. The number of aromatic nitrogens is 4. The van der Waals surface area contributed by atoms with Crippen molar-refractivity contribution < 1.29 is 4.79 Å². The van der Waals surface area contributed by atoms with Crippen molar-refractivity contribution >= 4 is 11.7 Å². The third kappa shape index (κ3) is 3.90. The van der Waals surface area contributed by atoms with Crippen LogP contribution in [0.5, 0.6) is 0 Å². The standard InChI is InChI=1S/C25H36N6O/c1-17-20-11-7-13-30(16-19-9-5-4-6-10-19)24(20)28-23(27-17)22-12-8-14-31(22)25(32)21-15-26-29(3)18(21)2/h15,19,22H,4-14,16H2,1-3H3/t22-/m1/s1. The number of fused-ring (bicyclic) bond motifs is 1. The second kappa shape index (κ2) is 8.83. The first kappa shape index (κ1) is 21.4. The molecule has 1 saturated carbocycles. The van der Waals surface area contributed by atoms with E-state index in [1.54, 1.807) is 10.9 Å². The van der Waals surface area contributed by atoms with Crippen molar-refractivity contribution in [2.75, 3.05) is 24.5 Å². The van der Waals surface area contributed by atoms with Crippen LogP contribution < -0.4 is 4.90 Å². The van der Waals surface area contributed by atoms with Gasteiger partial charge in [-0.3, -0.25) is 9.48 Å². The molecule has 3 aliphatic rings. The van der Waals surface area contributed by atoms with Crippen molar-refractivity contribution in [2.45, 2.75) is 77.7 Å². The number of likely N-dealkylation sites (tertiary alicyclic amines) is 1. The van der Waals surface area contributed by atoms with Crippen LogP contribution >= 0.6 is 0 Å². The smallest absolute Gasteiger partial charge is 0.257 e. The van der Waals surface area contributed by atoms with Gasteiger partial charge in [0, 0.05) is 43.6 Å². The number of hydrogen-bond acceptors (Lipinski definition) is 5. The van der Waals surface area contributed by atoms with Gasteiger partial charge in [0.05, 0.1) is 17.8 Å². The van der Waals surface area contributed by atoms with E-state index in [0.29, 0.717) is 5.56 Å². The van der Waals surface area contributed by atoms with Crippen molar-refractivity contribution in [2.24, 2.45) is 13.0 Å². The molecule has 4 heterocycles. The molecule has 2 aromatic heterocycles. The molecule has 172 valence electrons. The molecule has 32 heavy (non-hydrogen) atoms. The first-order valence-corrected chi connectivity index (χ1v) is 12.4. The number of amides is 1. The Morgan fingerprint density at radius 2 is 1.84 bits per heavy atom. The van der Waals surface area contributed by atoms with Crippen LogP contribution in [0.25, 0.3) is 0 Å². The maximum atomic E-state index is 13.4. The minimum atomic E-state index is -0.0513. The molecule has 0 radical (unpaired) electrons. The monoisotopic (exact) mass is 436 g/mol. The Morgan fingerprint density at radius 3 is 2.59 bits per heavy atom. The molecule has 0 unspecified atom stereocenters. The normalized spacial score (nSPS) is 21.8. The second-order valence-corrected chi connectivity index (χ2v) is 9.95. The molecule has 5 rings (SSSR count). The summed E-state index contributed by atoms with van der Waals surface area (Å²) in [6.07, 6.45) is 12.7. The highest BCUT2D eigenvalue weighted by Gasteiger charge is 2.35. The molecule has 7 heteroatoms. The van der Waals surface area contributed by atoms with Crippen LogP contribution in [0, 0.1) is 19.8 Å². The fourth-order valence-corrected chi connectivity index (χ4v) is 5.86. The molecule has 7 nitrogen and oxygen atoms in total. The Morgan fingerprint density at radius 1 is 1.03 bits per heavy atom. The zero-order valence-electron chi connectivity index (χ0n) is 19.8. The lowest BCUT2D eigenvalue weighted by molar-refractivity contribution is 0.0728. The van der Waals surface area contributed by atoms with E-state index in [1.165, 1.54) is 44.1 Å². The van der Waals surface area contributed by atoms with Gasteiger partial charge < -0.3 is 9.80 Å². The highest BCUT2D eigenvalue weighted by Crippen LogP contribution is 2.36. The maximum absolute atomic E-state index is 13.4. The molecular weight excluding hydrogens is 400 g/mol. The van der Waals surface area contributed by atoms with E-state index in [4.69, 9.17) is 9.97 Å². The van der Waals surface area contributed by atoms with Gasteiger partial charge in [-0.1, -0.05) is 19.3 Å². The van der Waals surface area contributed by atoms with E-state index in [2.05, 4.69) is 16.9 Å². The van der Waals surface area contributed by atoms with Gasteiger partial charge in [0.1, 0.15) is 5.82 Å². The number of anilines is 1. The summed E-state index contributed by atoms with van der Waals surface area (Å²) in [5.41, 5.74) is 4.00. The summed E-state index contributed by atoms with van der Waals surface area (Å²) in [5, 5.41) is 4.27. The topological polar surface area (TPSA) is 67.2 Å². The van der Waals surface area contributed by atoms with Gasteiger partial charge >= 0.3 is 0 Å². The molecule has 2 fully saturated rings. The van der Waals surface area contributed by atoms with Crippen molar-refractivity contribution in [3.05, 3.63) is 34.5 Å². The zero-order chi connectivity index (χ0) is 22.2. The lowest BCUT2D eigenvalue weighted by Gasteiger charge is -2.35. The molecule has 0 bridgehead atoms. The van der Waals surface area contributed by atoms with Gasteiger partial charge in [0.25, 0.3) is 5.91 Å². The SMILES string of the molecule is Cc1nc([C@H]2CCCN2C(=O)c2cnn(C)c2C)nc2c1CCCN2CC1CCCCC1. The van der Waals surface area contributed by atoms with Crippen molar-refractivity contribution in [3.63, 3.8) is 0 Å². The van der Waals surface area contributed by atoms with Crippen molar-refractivity contribution in [1.29, 1.82) is 0 Å². The molecule has 1 aliphatic carbocycles. The van der Waals surface area contributed by atoms with Crippen LogP contribution in [0.1, 0.15) is 90.5 Å². The summed E-state index contributed by atoms with van der Waals surface area (Å²) in [4.78, 5) is 28.0. The molecule has 0 spiro atoms. The molecule has 2 aromatic rings. The predicted molar refractivity (Wildman–Crippen MR) is 125 cm³/mol. The minimum Gasteiger partial charge on any atom is -0.356 e. The number of carbonyl (C=O) groups is 1. The van der Waals surface area contributed by atoms with Crippen LogP contribution in [0.15, 0.2) is 6.20 Å². The molecule has 0 aromatic carbocycles. The molecule has 2 aliphatic heterocycles. The first-order valence-electron chi connectivity index (χ1n) is 12.4.